The molecule has 0 aliphatic rings. The van der Waals surface area contributed by atoms with E-state index >= 15 is 0 Å². The molecule has 2 unspecified atom stereocenters. The van der Waals surface area contributed by atoms with Crippen LogP contribution in [0.5, 0.6) is 0 Å². The second kappa shape index (κ2) is 24.3. The molecular formula is C51H64N8O6. The highest BCUT2D eigenvalue weighted by Gasteiger charge is 2.17. The van der Waals surface area contributed by atoms with Crippen LogP contribution in [0.25, 0.3) is 0 Å². The Kier molecular flexibility index (Phi) is 18.4. The molecule has 65 heavy (non-hydrogen) atoms. The van der Waals surface area contributed by atoms with Gasteiger partial charge in [-0.05, 0) is 143 Å². The van der Waals surface area contributed by atoms with Gasteiger partial charge in [-0.3, -0.25) is 9.59 Å². The average Bonchev–Trinajstić information content (AvgIpc) is 3.29. The van der Waals surface area contributed by atoms with E-state index in [0.29, 0.717) is 70.1 Å². The summed E-state index contributed by atoms with van der Waals surface area (Å²) in [5.74, 6) is 0.0201. The van der Waals surface area contributed by atoms with Gasteiger partial charge in [0, 0.05) is 39.4 Å². The first-order valence-corrected chi connectivity index (χ1v) is 22.7. The quantitative estimate of drug-likeness (QED) is 0.0392. The van der Waals surface area contributed by atoms with Crippen LogP contribution in [0.2, 0.25) is 0 Å². The van der Waals surface area contributed by atoms with E-state index in [9.17, 15) is 19.2 Å². The maximum absolute atomic E-state index is 13.2. The van der Waals surface area contributed by atoms with Crippen LogP contribution in [-0.4, -0.2) is 57.5 Å². The van der Waals surface area contributed by atoms with Crippen molar-refractivity contribution in [3.8, 4) is 0 Å². The van der Waals surface area contributed by atoms with Crippen molar-refractivity contribution >= 4 is 64.3 Å². The molecule has 5 N–H and O–H groups in total. The van der Waals surface area contributed by atoms with Gasteiger partial charge in [-0.15, -0.1) is 0 Å². The van der Waals surface area contributed by atoms with E-state index < -0.39 is 0 Å². The molecule has 0 aliphatic carbocycles. The number of anilines is 7. The highest BCUT2D eigenvalue weighted by Crippen LogP contribution is 2.24. The summed E-state index contributed by atoms with van der Waals surface area (Å²) >= 11 is 0. The number of aromatic nitrogens is 3. The number of nitrogens with one attached hydrogen (secondary N) is 5. The molecule has 4 aromatic carbocycles. The van der Waals surface area contributed by atoms with Crippen LogP contribution in [-0.2, 0) is 9.47 Å². The molecule has 0 spiro atoms. The summed E-state index contributed by atoms with van der Waals surface area (Å²) < 4.78 is 11.2. The minimum Gasteiger partial charge on any atom is -0.462 e. The van der Waals surface area contributed by atoms with Gasteiger partial charge in [-0.2, -0.15) is 15.0 Å². The number of hydrogen-bond donors (Lipinski definition) is 5. The molecule has 344 valence electrons. The number of carbonyl (C=O) groups is 4. The standard InChI is InChI=1S/C51H64N8O6/c1-8-12-14-34(10-3)32-64-46(62)38-20-28-40(29-21-38)52-44(60)36-16-24-41(25-17-36)53-48-56-49(54-42-26-18-37(19-27-42)45(61)59-51(5,6)7)58-50(57-48)55-43-30-22-39(23-31-43)47(63)65-33-35(11-4)15-13-9-2/h16-31,34-35H,8-15,32-33H2,1-7H3,(H,52,60)(H,59,61)(H3,53,54,55,56,57,58). The number of esters is 2. The van der Waals surface area contributed by atoms with Gasteiger partial charge in [0.2, 0.25) is 17.8 Å². The first kappa shape index (κ1) is 49.2. The molecule has 1 heterocycles. The fourth-order valence-electron chi connectivity index (χ4n) is 6.69. The van der Waals surface area contributed by atoms with Crippen LogP contribution in [0.4, 0.5) is 40.6 Å². The molecular weight excluding hydrogens is 821 g/mol. The van der Waals surface area contributed by atoms with Gasteiger partial charge >= 0.3 is 11.9 Å². The van der Waals surface area contributed by atoms with E-state index in [2.05, 4.69) is 69.2 Å². The van der Waals surface area contributed by atoms with Gasteiger partial charge in [-0.25, -0.2) is 9.59 Å². The van der Waals surface area contributed by atoms with Crippen LogP contribution < -0.4 is 26.6 Å². The molecule has 0 saturated heterocycles. The minimum atomic E-state index is -0.382. The minimum absolute atomic E-state index is 0.187. The van der Waals surface area contributed by atoms with Gasteiger partial charge in [0.1, 0.15) is 0 Å². The molecule has 2 amide bonds. The Morgan fingerprint density at radius 3 is 1.17 bits per heavy atom. The Hall–Kier alpha value is -6.83. The molecule has 14 nitrogen and oxygen atoms in total. The lowest BCUT2D eigenvalue weighted by Gasteiger charge is -2.20. The molecule has 14 heteroatoms. The smallest absolute Gasteiger partial charge is 0.338 e. The fourth-order valence-corrected chi connectivity index (χ4v) is 6.69. The van der Waals surface area contributed by atoms with Gasteiger partial charge in [0.15, 0.2) is 0 Å². The van der Waals surface area contributed by atoms with E-state index in [1.54, 1.807) is 97.1 Å². The lowest BCUT2D eigenvalue weighted by Crippen LogP contribution is -2.40. The molecule has 0 bridgehead atoms. The second-order valence-corrected chi connectivity index (χ2v) is 17.2. The van der Waals surface area contributed by atoms with Crippen molar-refractivity contribution in [1.82, 2.24) is 20.3 Å². The summed E-state index contributed by atoms with van der Waals surface area (Å²) in [4.78, 5) is 65.2. The number of ether oxygens (including phenoxy) is 2. The zero-order chi connectivity index (χ0) is 46.8. The molecule has 5 rings (SSSR count). The summed E-state index contributed by atoms with van der Waals surface area (Å²) in [6.45, 7) is 15.1. The van der Waals surface area contributed by atoms with Crippen molar-refractivity contribution in [3.05, 3.63) is 119 Å². The maximum Gasteiger partial charge on any atom is 0.338 e. The Bertz CT molecular complexity index is 2310. The second-order valence-electron chi connectivity index (χ2n) is 17.2. The van der Waals surface area contributed by atoms with Crippen LogP contribution in [0, 0.1) is 11.8 Å². The monoisotopic (exact) mass is 884 g/mol. The lowest BCUT2D eigenvalue weighted by molar-refractivity contribution is 0.0419. The van der Waals surface area contributed by atoms with E-state index in [4.69, 9.17) is 9.47 Å². The number of benzene rings is 4. The first-order valence-electron chi connectivity index (χ1n) is 22.7. The molecule has 0 radical (unpaired) electrons. The predicted molar refractivity (Wildman–Crippen MR) is 258 cm³/mol. The molecule has 0 saturated carbocycles. The number of rotatable bonds is 23. The van der Waals surface area contributed by atoms with Crippen LogP contribution >= 0.6 is 0 Å². The molecule has 1 aromatic heterocycles. The summed E-state index contributed by atoms with van der Waals surface area (Å²) in [5, 5.41) is 15.4. The van der Waals surface area contributed by atoms with E-state index in [1.807, 2.05) is 20.8 Å². The van der Waals surface area contributed by atoms with E-state index in [1.165, 1.54) is 0 Å². The van der Waals surface area contributed by atoms with Gasteiger partial charge in [-0.1, -0.05) is 66.2 Å². The van der Waals surface area contributed by atoms with Crippen molar-refractivity contribution in [2.45, 2.75) is 105 Å². The number of amides is 2. The molecule has 2 atom stereocenters. The Labute approximate surface area is 383 Å². The third-order valence-electron chi connectivity index (χ3n) is 10.7. The topological polar surface area (TPSA) is 186 Å². The Morgan fingerprint density at radius 2 is 0.831 bits per heavy atom. The van der Waals surface area contributed by atoms with Gasteiger partial charge in [0.05, 0.1) is 24.3 Å². The van der Waals surface area contributed by atoms with Crippen LogP contribution in [0.15, 0.2) is 97.1 Å². The molecule has 5 aromatic rings. The predicted octanol–water partition coefficient (Wildman–Crippen LogP) is 11.6. The Balaban J connectivity index is 1.27. The van der Waals surface area contributed by atoms with Crippen molar-refractivity contribution in [1.29, 1.82) is 0 Å². The third-order valence-corrected chi connectivity index (χ3v) is 10.7. The molecule has 0 fully saturated rings. The van der Waals surface area contributed by atoms with Crippen molar-refractivity contribution in [2.24, 2.45) is 11.8 Å². The van der Waals surface area contributed by atoms with Gasteiger partial charge < -0.3 is 36.1 Å². The summed E-state index contributed by atoms with van der Waals surface area (Å²) in [7, 11) is 0. The summed E-state index contributed by atoms with van der Waals surface area (Å²) in [6, 6.07) is 27.3. The summed E-state index contributed by atoms with van der Waals surface area (Å²) in [6.07, 6.45) is 8.40. The van der Waals surface area contributed by atoms with Crippen molar-refractivity contribution in [2.75, 3.05) is 34.5 Å². The number of nitrogens with zero attached hydrogens (tertiary/aromatic N) is 3. The van der Waals surface area contributed by atoms with Crippen molar-refractivity contribution in [3.63, 3.8) is 0 Å². The zero-order valence-electron chi connectivity index (χ0n) is 38.8. The first-order chi connectivity index (χ1) is 31.2. The van der Waals surface area contributed by atoms with E-state index in [0.717, 1.165) is 51.4 Å². The number of carbonyl (C=O) groups excluding carboxylic acids is 4. The van der Waals surface area contributed by atoms with E-state index in [-0.39, 0.29) is 47.1 Å². The summed E-state index contributed by atoms with van der Waals surface area (Å²) in [5.41, 5.74) is 3.79. The third kappa shape index (κ3) is 16.0. The highest BCUT2D eigenvalue weighted by molar-refractivity contribution is 6.04. The SMILES string of the molecule is CCCCC(CC)COC(=O)c1ccc(NC(=O)c2ccc(Nc3nc(Nc4ccc(C(=O)NC(C)(C)C)cc4)nc(Nc4ccc(C(=O)OCC(CC)CCCC)cc4)n3)cc2)cc1. The lowest BCUT2D eigenvalue weighted by atomic mass is 10.0. The molecule has 0 aliphatic heterocycles. The maximum atomic E-state index is 13.2. The zero-order valence-corrected chi connectivity index (χ0v) is 38.8. The average molecular weight is 885 g/mol. The highest BCUT2D eigenvalue weighted by atomic mass is 16.5. The fraction of sp³-hybridized carbons (Fsp3) is 0.392. The van der Waals surface area contributed by atoms with Crippen LogP contribution in [0.1, 0.15) is 141 Å². The Morgan fingerprint density at radius 1 is 0.492 bits per heavy atom. The van der Waals surface area contributed by atoms with Crippen LogP contribution in [0.3, 0.4) is 0 Å². The van der Waals surface area contributed by atoms with Gasteiger partial charge in [0.25, 0.3) is 11.8 Å². The number of unbranched alkanes of at least 4 members (excludes halogenated alkanes) is 2. The largest absolute Gasteiger partial charge is 0.462 e. The normalized spacial score (nSPS) is 12.0. The van der Waals surface area contributed by atoms with Crippen molar-refractivity contribution < 1.29 is 28.7 Å². The number of hydrogen-bond acceptors (Lipinski definition) is 12.